The molecule has 2 heterocycles. The van der Waals surface area contributed by atoms with Crippen molar-refractivity contribution in [3.63, 3.8) is 0 Å². The zero-order valence-corrected chi connectivity index (χ0v) is 18.8. The third-order valence-electron chi connectivity index (χ3n) is 4.27. The summed E-state index contributed by atoms with van der Waals surface area (Å²) in [6, 6.07) is 14.2. The quantitative estimate of drug-likeness (QED) is 0.454. The van der Waals surface area contributed by atoms with Gasteiger partial charge in [-0.2, -0.15) is 4.99 Å². The fourth-order valence-corrected chi connectivity index (χ4v) is 5.21. The van der Waals surface area contributed by atoms with Gasteiger partial charge in [-0.05, 0) is 18.2 Å². The van der Waals surface area contributed by atoms with Gasteiger partial charge in [0.1, 0.15) is 5.82 Å². The second-order valence-corrected chi connectivity index (χ2v) is 9.36. The Labute approximate surface area is 189 Å². The molecule has 0 atom stereocenters. The third-order valence-corrected chi connectivity index (χ3v) is 7.04. The fraction of sp³-hybridized carbons (Fsp3) is 0.143. The van der Waals surface area contributed by atoms with Crippen molar-refractivity contribution in [2.75, 3.05) is 16.8 Å². The minimum absolute atomic E-state index is 0.0726. The molecule has 0 bridgehead atoms. The maximum Gasteiger partial charge on any atom is 0.258 e. The average Bonchev–Trinajstić information content (AvgIpc) is 3.33. The van der Waals surface area contributed by atoms with Crippen LogP contribution in [-0.4, -0.2) is 32.9 Å². The molecular formula is C21H17FN4O2S3. The van der Waals surface area contributed by atoms with Gasteiger partial charge in [0, 0.05) is 18.0 Å². The van der Waals surface area contributed by atoms with E-state index in [1.165, 1.54) is 46.6 Å². The Morgan fingerprint density at radius 1 is 1.19 bits per heavy atom. The molecule has 2 amide bonds. The zero-order valence-electron chi connectivity index (χ0n) is 16.4. The Bertz CT molecular complexity index is 1310. The molecule has 4 aromatic rings. The van der Waals surface area contributed by atoms with E-state index in [1.54, 1.807) is 17.7 Å². The summed E-state index contributed by atoms with van der Waals surface area (Å²) in [6.45, 7) is 0. The minimum Gasteiger partial charge on any atom is -0.319 e. The largest absolute Gasteiger partial charge is 0.319 e. The Morgan fingerprint density at radius 3 is 2.81 bits per heavy atom. The smallest absolute Gasteiger partial charge is 0.258 e. The Kier molecular flexibility index (Phi) is 6.59. The normalized spacial score (nSPS) is 11.7. The van der Waals surface area contributed by atoms with Crippen molar-refractivity contribution < 1.29 is 14.0 Å². The molecule has 0 spiro atoms. The highest BCUT2D eigenvalue weighted by molar-refractivity contribution is 8.00. The molecular weight excluding hydrogens is 455 g/mol. The maximum atomic E-state index is 13.4. The molecule has 10 heteroatoms. The molecule has 0 radical (unpaired) electrons. The number of nitrogens with one attached hydrogen (secondary N) is 1. The number of carbonyl (C=O) groups is 2. The number of rotatable bonds is 6. The number of hydrogen-bond donors (Lipinski definition) is 1. The summed E-state index contributed by atoms with van der Waals surface area (Å²) < 4.78 is 15.9. The lowest BCUT2D eigenvalue weighted by atomic mass is 10.2. The Balaban J connectivity index is 1.31. The van der Waals surface area contributed by atoms with Crippen molar-refractivity contribution in [2.24, 2.45) is 12.0 Å². The molecule has 4 rings (SSSR count). The fourth-order valence-electron chi connectivity index (χ4n) is 2.81. The lowest BCUT2D eigenvalue weighted by molar-refractivity contribution is -0.115. The van der Waals surface area contributed by atoms with Crippen LogP contribution in [0.3, 0.4) is 0 Å². The van der Waals surface area contributed by atoms with Crippen molar-refractivity contribution in [3.05, 3.63) is 64.5 Å². The van der Waals surface area contributed by atoms with Gasteiger partial charge in [-0.15, -0.1) is 23.1 Å². The van der Waals surface area contributed by atoms with Crippen LogP contribution in [0.4, 0.5) is 9.52 Å². The zero-order chi connectivity index (χ0) is 21.8. The standard InChI is InChI=1S/C21H17FN4O2S3/c1-26-16-8-7-14(22)9-17(16)31-21(26)25-19(28)12-29-11-18(27)24-20-23-15(10-30-20)13-5-3-2-4-6-13/h2-10H,11-12H2,1H3,(H,23,24,27). The highest BCUT2D eigenvalue weighted by Gasteiger charge is 2.10. The topological polar surface area (TPSA) is 76.3 Å². The molecule has 2 aromatic heterocycles. The van der Waals surface area contributed by atoms with E-state index in [1.807, 2.05) is 35.7 Å². The molecule has 0 aliphatic heterocycles. The first-order valence-corrected chi connectivity index (χ1v) is 12.1. The number of hydrogen-bond acceptors (Lipinski definition) is 6. The van der Waals surface area contributed by atoms with Gasteiger partial charge in [-0.25, -0.2) is 9.37 Å². The van der Waals surface area contributed by atoms with E-state index in [9.17, 15) is 14.0 Å². The van der Waals surface area contributed by atoms with Gasteiger partial charge in [-0.3, -0.25) is 9.59 Å². The van der Waals surface area contributed by atoms with Crippen LogP contribution in [0, 0.1) is 5.82 Å². The second-order valence-electron chi connectivity index (χ2n) is 6.51. The van der Waals surface area contributed by atoms with Crippen LogP contribution in [0.1, 0.15) is 0 Å². The number of aryl methyl sites for hydroxylation is 1. The molecule has 0 saturated carbocycles. The summed E-state index contributed by atoms with van der Waals surface area (Å²) in [5.74, 6) is -0.713. The molecule has 6 nitrogen and oxygen atoms in total. The second kappa shape index (κ2) is 9.54. The predicted molar refractivity (Wildman–Crippen MR) is 125 cm³/mol. The number of thiazole rings is 2. The number of aromatic nitrogens is 2. The molecule has 158 valence electrons. The van der Waals surface area contributed by atoms with E-state index in [0.717, 1.165) is 21.5 Å². The lowest BCUT2D eigenvalue weighted by Gasteiger charge is -2.00. The average molecular weight is 473 g/mol. The van der Waals surface area contributed by atoms with Gasteiger partial charge in [0.25, 0.3) is 5.91 Å². The van der Waals surface area contributed by atoms with E-state index in [0.29, 0.717) is 9.93 Å². The number of fused-ring (bicyclic) bond motifs is 1. The van der Waals surface area contributed by atoms with Crippen LogP contribution in [0.15, 0.2) is 58.9 Å². The summed E-state index contributed by atoms with van der Waals surface area (Å²) in [6.07, 6.45) is 0. The van der Waals surface area contributed by atoms with Crippen molar-refractivity contribution in [2.45, 2.75) is 0 Å². The van der Waals surface area contributed by atoms with Crippen molar-refractivity contribution in [3.8, 4) is 11.3 Å². The van der Waals surface area contributed by atoms with Gasteiger partial charge in [0.15, 0.2) is 9.93 Å². The number of thioether (sulfide) groups is 1. The van der Waals surface area contributed by atoms with E-state index < -0.39 is 0 Å². The van der Waals surface area contributed by atoms with Gasteiger partial charge < -0.3 is 9.88 Å². The van der Waals surface area contributed by atoms with E-state index >= 15 is 0 Å². The third kappa shape index (κ3) is 5.27. The summed E-state index contributed by atoms with van der Waals surface area (Å²) in [4.78, 5) is 33.4. The number of carbonyl (C=O) groups excluding carboxylic acids is 2. The summed E-state index contributed by atoms with van der Waals surface area (Å²) in [5.41, 5.74) is 2.60. The summed E-state index contributed by atoms with van der Waals surface area (Å²) in [7, 11) is 1.78. The first-order chi connectivity index (χ1) is 15.0. The van der Waals surface area contributed by atoms with Gasteiger partial charge in [0.05, 0.1) is 27.4 Å². The molecule has 0 aliphatic rings. The summed E-state index contributed by atoms with van der Waals surface area (Å²) in [5, 5.41) is 5.16. The van der Waals surface area contributed by atoms with Crippen LogP contribution in [0.25, 0.3) is 21.5 Å². The number of amides is 2. The number of benzene rings is 2. The Hall–Kier alpha value is -2.82. The number of anilines is 1. The highest BCUT2D eigenvalue weighted by atomic mass is 32.2. The van der Waals surface area contributed by atoms with Crippen LogP contribution < -0.4 is 10.1 Å². The highest BCUT2D eigenvalue weighted by Crippen LogP contribution is 2.24. The van der Waals surface area contributed by atoms with Crippen LogP contribution in [0.2, 0.25) is 0 Å². The van der Waals surface area contributed by atoms with Crippen LogP contribution in [-0.2, 0) is 16.6 Å². The number of halogens is 1. The molecule has 0 fully saturated rings. The van der Waals surface area contributed by atoms with Crippen molar-refractivity contribution in [1.82, 2.24) is 9.55 Å². The Morgan fingerprint density at radius 2 is 2.00 bits per heavy atom. The first-order valence-electron chi connectivity index (χ1n) is 9.21. The van der Waals surface area contributed by atoms with Crippen LogP contribution >= 0.6 is 34.4 Å². The molecule has 31 heavy (non-hydrogen) atoms. The van der Waals surface area contributed by atoms with E-state index in [-0.39, 0.29) is 29.1 Å². The monoisotopic (exact) mass is 472 g/mol. The van der Waals surface area contributed by atoms with Gasteiger partial charge in [-0.1, -0.05) is 41.7 Å². The maximum absolute atomic E-state index is 13.4. The molecule has 2 aromatic carbocycles. The predicted octanol–water partition coefficient (Wildman–Crippen LogP) is 4.30. The first kappa shape index (κ1) is 21.4. The molecule has 0 unspecified atom stereocenters. The van der Waals surface area contributed by atoms with Crippen molar-refractivity contribution in [1.29, 1.82) is 0 Å². The molecule has 0 aliphatic carbocycles. The number of nitrogens with zero attached hydrogens (tertiary/aromatic N) is 3. The molecule has 0 saturated heterocycles. The summed E-state index contributed by atoms with van der Waals surface area (Å²) >= 11 is 3.78. The van der Waals surface area contributed by atoms with E-state index in [2.05, 4.69) is 15.3 Å². The van der Waals surface area contributed by atoms with Crippen molar-refractivity contribution >= 4 is 61.6 Å². The SMILES string of the molecule is Cn1c(=NC(=O)CSCC(=O)Nc2nc(-c3ccccc3)cs2)sc2cc(F)ccc21. The van der Waals surface area contributed by atoms with Crippen LogP contribution in [0.5, 0.6) is 0 Å². The minimum atomic E-state index is -0.346. The lowest BCUT2D eigenvalue weighted by Crippen LogP contribution is -2.17. The molecule has 1 N–H and O–H groups in total. The van der Waals surface area contributed by atoms with Gasteiger partial charge in [0.2, 0.25) is 5.91 Å². The van der Waals surface area contributed by atoms with Gasteiger partial charge >= 0.3 is 0 Å². The van der Waals surface area contributed by atoms with E-state index in [4.69, 9.17) is 0 Å².